The number of nitrogens with one attached hydrogen (secondary N) is 1. The van der Waals surface area contributed by atoms with Gasteiger partial charge < -0.3 is 10.2 Å². The lowest BCUT2D eigenvalue weighted by Crippen LogP contribution is -2.42. The molecule has 1 aliphatic carbocycles. The Balaban J connectivity index is 1.18. The Kier molecular flexibility index (Phi) is 5.84. The van der Waals surface area contributed by atoms with Crippen molar-refractivity contribution in [1.29, 1.82) is 0 Å². The molecule has 5 nitrogen and oxygen atoms in total. The molecule has 0 spiro atoms. The molecule has 1 amide bonds. The van der Waals surface area contributed by atoms with Crippen molar-refractivity contribution in [3.8, 4) is 11.3 Å². The third-order valence-corrected chi connectivity index (χ3v) is 6.65. The first-order valence-corrected chi connectivity index (χ1v) is 11.4. The van der Waals surface area contributed by atoms with E-state index >= 15 is 0 Å². The van der Waals surface area contributed by atoms with Gasteiger partial charge >= 0.3 is 0 Å². The minimum absolute atomic E-state index is 0.0277. The summed E-state index contributed by atoms with van der Waals surface area (Å²) in [4.78, 5) is 15.1. The Labute approximate surface area is 187 Å². The molecule has 2 aliphatic rings. The van der Waals surface area contributed by atoms with Crippen LogP contribution in [0.15, 0.2) is 60.7 Å². The lowest BCUT2D eigenvalue weighted by molar-refractivity contribution is -0.126. The lowest BCUT2D eigenvalue weighted by Gasteiger charge is -2.33. The average molecular weight is 431 g/mol. The van der Waals surface area contributed by atoms with Gasteiger partial charge in [-0.2, -0.15) is 0 Å². The predicted molar refractivity (Wildman–Crippen MR) is 123 cm³/mol. The Hall–Kier alpha value is -3.28. The van der Waals surface area contributed by atoms with E-state index in [-0.39, 0.29) is 23.7 Å². The maximum absolute atomic E-state index is 13.5. The molecule has 0 saturated carbocycles. The van der Waals surface area contributed by atoms with Crippen molar-refractivity contribution in [1.82, 2.24) is 15.5 Å². The van der Waals surface area contributed by atoms with Crippen LogP contribution in [0.25, 0.3) is 11.3 Å². The van der Waals surface area contributed by atoms with Crippen LogP contribution in [0.3, 0.4) is 0 Å². The zero-order valence-corrected chi connectivity index (χ0v) is 18.0. The van der Waals surface area contributed by atoms with E-state index in [9.17, 15) is 9.18 Å². The highest BCUT2D eigenvalue weighted by Gasteiger charge is 2.29. The number of carbonyl (C=O) groups is 1. The number of aromatic nitrogens is 2. The second-order valence-corrected chi connectivity index (χ2v) is 8.70. The molecule has 0 radical (unpaired) electrons. The van der Waals surface area contributed by atoms with Crippen LogP contribution in [0.4, 0.5) is 10.2 Å². The summed E-state index contributed by atoms with van der Waals surface area (Å²) in [6, 6.07) is 18.7. The molecule has 1 fully saturated rings. The Bertz CT molecular complexity index is 1090. The van der Waals surface area contributed by atoms with Crippen molar-refractivity contribution < 1.29 is 9.18 Å². The molecule has 32 heavy (non-hydrogen) atoms. The summed E-state index contributed by atoms with van der Waals surface area (Å²) in [6.07, 6.45) is 4.82. The summed E-state index contributed by atoms with van der Waals surface area (Å²) in [6.45, 7) is 1.54. The van der Waals surface area contributed by atoms with Gasteiger partial charge in [0.25, 0.3) is 0 Å². The maximum Gasteiger partial charge on any atom is 0.223 e. The summed E-state index contributed by atoms with van der Waals surface area (Å²) < 4.78 is 13.5. The standard InChI is InChI=1S/C26H27FN4O/c27-21-8-3-7-20(17-21)23-11-12-25(30-29-23)31-15-13-19(14-16-31)26(32)28-24-10-4-6-18-5-1-2-9-22(18)24/h1-3,5,7-9,11-12,17,19,24H,4,6,10,13-16H2,(H,28,32). The number of aryl methyl sites for hydroxylation is 1. The predicted octanol–water partition coefficient (Wildman–Crippen LogP) is 4.69. The summed E-state index contributed by atoms with van der Waals surface area (Å²) in [5, 5.41) is 11.9. The largest absolute Gasteiger partial charge is 0.355 e. The number of nitrogens with zero attached hydrogens (tertiary/aromatic N) is 3. The second kappa shape index (κ2) is 9.07. The molecule has 1 unspecified atom stereocenters. The van der Waals surface area contributed by atoms with E-state index in [4.69, 9.17) is 0 Å². The van der Waals surface area contributed by atoms with Crippen molar-refractivity contribution in [2.45, 2.75) is 38.1 Å². The van der Waals surface area contributed by atoms with E-state index in [1.54, 1.807) is 6.07 Å². The van der Waals surface area contributed by atoms with Gasteiger partial charge in [-0.1, -0.05) is 36.4 Å². The highest BCUT2D eigenvalue weighted by atomic mass is 19.1. The number of rotatable bonds is 4. The van der Waals surface area contributed by atoms with Crippen molar-refractivity contribution in [2.24, 2.45) is 5.92 Å². The summed E-state index contributed by atoms with van der Waals surface area (Å²) in [5.74, 6) is 0.703. The Morgan fingerprint density at radius 3 is 2.59 bits per heavy atom. The number of halogens is 1. The van der Waals surface area contributed by atoms with Gasteiger partial charge in [-0.25, -0.2) is 4.39 Å². The zero-order valence-electron chi connectivity index (χ0n) is 18.0. The van der Waals surface area contributed by atoms with Crippen molar-refractivity contribution >= 4 is 11.7 Å². The van der Waals surface area contributed by atoms with Gasteiger partial charge in [-0.3, -0.25) is 4.79 Å². The fraction of sp³-hybridized carbons (Fsp3) is 0.346. The van der Waals surface area contributed by atoms with E-state index < -0.39 is 0 Å². The van der Waals surface area contributed by atoms with Crippen LogP contribution in [0.5, 0.6) is 0 Å². The van der Waals surface area contributed by atoms with Crippen LogP contribution in [0.2, 0.25) is 0 Å². The number of carbonyl (C=O) groups excluding carboxylic acids is 1. The molecule has 2 aromatic carbocycles. The molecule has 1 aromatic heterocycles. The van der Waals surface area contributed by atoms with Crippen molar-refractivity contribution in [3.63, 3.8) is 0 Å². The van der Waals surface area contributed by atoms with Gasteiger partial charge in [0, 0.05) is 24.6 Å². The number of hydrogen-bond acceptors (Lipinski definition) is 4. The number of amides is 1. The number of benzene rings is 2. The topological polar surface area (TPSA) is 58.1 Å². The van der Waals surface area contributed by atoms with Gasteiger partial charge in [-0.15, -0.1) is 10.2 Å². The van der Waals surface area contributed by atoms with Gasteiger partial charge in [0.1, 0.15) is 5.82 Å². The molecule has 0 bridgehead atoms. The second-order valence-electron chi connectivity index (χ2n) is 8.70. The average Bonchev–Trinajstić information content (AvgIpc) is 2.84. The van der Waals surface area contributed by atoms with Gasteiger partial charge in [-0.05, 0) is 67.5 Å². The first-order chi connectivity index (χ1) is 15.7. The van der Waals surface area contributed by atoms with Crippen LogP contribution < -0.4 is 10.2 Å². The zero-order chi connectivity index (χ0) is 21.9. The van der Waals surface area contributed by atoms with E-state index in [0.717, 1.165) is 51.0 Å². The monoisotopic (exact) mass is 430 g/mol. The summed E-state index contributed by atoms with van der Waals surface area (Å²) in [7, 11) is 0. The van der Waals surface area contributed by atoms with Crippen LogP contribution >= 0.6 is 0 Å². The quantitative estimate of drug-likeness (QED) is 0.652. The maximum atomic E-state index is 13.5. The Morgan fingerprint density at radius 1 is 0.969 bits per heavy atom. The molecule has 1 aliphatic heterocycles. The number of fused-ring (bicyclic) bond motifs is 1. The normalized spacial score (nSPS) is 18.8. The molecule has 6 heteroatoms. The lowest BCUT2D eigenvalue weighted by atomic mass is 9.87. The van der Waals surface area contributed by atoms with E-state index in [2.05, 4.69) is 44.7 Å². The van der Waals surface area contributed by atoms with Crippen LogP contribution in [-0.4, -0.2) is 29.2 Å². The molecular formula is C26H27FN4O. The minimum atomic E-state index is -0.287. The van der Waals surface area contributed by atoms with E-state index in [1.165, 1.54) is 23.3 Å². The summed E-state index contributed by atoms with van der Waals surface area (Å²) >= 11 is 0. The van der Waals surface area contributed by atoms with Crippen LogP contribution in [0, 0.1) is 11.7 Å². The van der Waals surface area contributed by atoms with Crippen molar-refractivity contribution in [2.75, 3.05) is 18.0 Å². The minimum Gasteiger partial charge on any atom is -0.355 e. The summed E-state index contributed by atoms with van der Waals surface area (Å²) in [5.41, 5.74) is 4.00. The van der Waals surface area contributed by atoms with E-state index in [1.807, 2.05) is 18.2 Å². The molecule has 1 saturated heterocycles. The fourth-order valence-corrected chi connectivity index (χ4v) is 4.86. The molecule has 164 valence electrons. The molecule has 2 heterocycles. The first-order valence-electron chi connectivity index (χ1n) is 11.4. The third kappa shape index (κ3) is 4.35. The molecule has 1 atom stereocenters. The molecule has 1 N–H and O–H groups in total. The third-order valence-electron chi connectivity index (χ3n) is 6.65. The highest BCUT2D eigenvalue weighted by Crippen LogP contribution is 2.31. The fourth-order valence-electron chi connectivity index (χ4n) is 4.86. The smallest absolute Gasteiger partial charge is 0.223 e. The van der Waals surface area contributed by atoms with Gasteiger partial charge in [0.15, 0.2) is 5.82 Å². The van der Waals surface area contributed by atoms with Crippen molar-refractivity contribution in [3.05, 3.63) is 77.6 Å². The number of piperidine rings is 1. The van der Waals surface area contributed by atoms with Gasteiger partial charge in [0.2, 0.25) is 5.91 Å². The molecular weight excluding hydrogens is 403 g/mol. The number of hydrogen-bond donors (Lipinski definition) is 1. The Morgan fingerprint density at radius 2 is 1.81 bits per heavy atom. The highest BCUT2D eigenvalue weighted by molar-refractivity contribution is 5.79. The molecule has 3 aromatic rings. The van der Waals surface area contributed by atoms with Gasteiger partial charge in [0.05, 0.1) is 11.7 Å². The SMILES string of the molecule is O=C(NC1CCCc2ccccc21)C1CCN(c2ccc(-c3cccc(F)c3)nn2)CC1. The number of anilines is 1. The van der Waals surface area contributed by atoms with Crippen LogP contribution in [0.1, 0.15) is 42.9 Å². The first kappa shape index (κ1) is 20.6. The van der Waals surface area contributed by atoms with Crippen LogP contribution in [-0.2, 0) is 11.2 Å². The molecule has 5 rings (SSSR count). The van der Waals surface area contributed by atoms with E-state index in [0.29, 0.717) is 11.3 Å².